The van der Waals surface area contributed by atoms with Gasteiger partial charge >= 0.3 is 0 Å². The van der Waals surface area contributed by atoms with Gasteiger partial charge in [-0.2, -0.15) is 5.26 Å². The third-order valence-corrected chi connectivity index (χ3v) is 6.15. The van der Waals surface area contributed by atoms with E-state index in [1.807, 2.05) is 34.6 Å². The first-order valence-corrected chi connectivity index (χ1v) is 11.3. The molecule has 2 aliphatic heterocycles. The van der Waals surface area contributed by atoms with E-state index in [-0.39, 0.29) is 5.91 Å². The number of nitrogens with one attached hydrogen (secondary N) is 2. The molecule has 2 N–H and O–H groups in total. The molecule has 0 spiro atoms. The molecule has 1 saturated heterocycles. The van der Waals surface area contributed by atoms with Crippen LogP contribution in [0.5, 0.6) is 5.75 Å². The van der Waals surface area contributed by atoms with Crippen LogP contribution >= 0.6 is 11.8 Å². The number of aromatic nitrogens is 2. The molecule has 0 radical (unpaired) electrons. The molecule has 3 heterocycles. The predicted molar refractivity (Wildman–Crippen MR) is 125 cm³/mol. The minimum Gasteiger partial charge on any atom is -0.497 e. The smallest absolute Gasteiger partial charge is 0.223 e. The Hall–Kier alpha value is -3.51. The molecule has 1 amide bonds. The molecule has 0 aliphatic carbocycles. The normalized spacial score (nSPS) is 16.9. The van der Waals surface area contributed by atoms with Crippen molar-refractivity contribution < 1.29 is 9.53 Å². The maximum absolute atomic E-state index is 11.7. The number of methoxy groups -OCH3 is 1. The lowest BCUT2D eigenvalue weighted by atomic mass is 10.1. The molecular weight excluding hydrogens is 424 g/mol. The summed E-state index contributed by atoms with van der Waals surface area (Å²) in [6.07, 6.45) is 4.07. The zero-order chi connectivity index (χ0) is 22.3. The van der Waals surface area contributed by atoms with Crippen LogP contribution in [-0.2, 0) is 4.79 Å². The first-order valence-electron chi connectivity index (χ1n) is 10.5. The Labute approximate surface area is 191 Å². The number of nitriles is 1. The number of ether oxygens (including phenoxy) is 1. The minimum absolute atomic E-state index is 0.234. The molecule has 2 aromatic rings. The van der Waals surface area contributed by atoms with Gasteiger partial charge in [-0.25, -0.2) is 9.97 Å². The molecular formula is C23H24N6O2S. The Kier molecular flexibility index (Phi) is 6.92. The number of carbonyl (C=O) groups is 1. The lowest BCUT2D eigenvalue weighted by molar-refractivity contribution is -0.127. The van der Waals surface area contributed by atoms with Gasteiger partial charge in [-0.15, -0.1) is 0 Å². The van der Waals surface area contributed by atoms with Crippen molar-refractivity contribution in [2.24, 2.45) is 0 Å². The third-order valence-electron chi connectivity index (χ3n) is 5.25. The molecule has 0 bridgehead atoms. The van der Waals surface area contributed by atoms with Gasteiger partial charge in [-0.05, 0) is 48.7 Å². The van der Waals surface area contributed by atoms with Crippen LogP contribution in [0.2, 0.25) is 0 Å². The number of nitrogens with zero attached hydrogens (tertiary/aromatic N) is 4. The average Bonchev–Trinajstić information content (AvgIpc) is 3.47. The summed E-state index contributed by atoms with van der Waals surface area (Å²) in [6.45, 7) is 2.24. The van der Waals surface area contributed by atoms with E-state index in [9.17, 15) is 10.1 Å². The van der Waals surface area contributed by atoms with Gasteiger partial charge < -0.3 is 20.3 Å². The van der Waals surface area contributed by atoms with Crippen molar-refractivity contribution in [2.75, 3.05) is 32.1 Å². The molecule has 0 atom stereocenters. The maximum atomic E-state index is 11.7. The summed E-state index contributed by atoms with van der Waals surface area (Å²) in [5.41, 5.74) is 2.94. The van der Waals surface area contributed by atoms with Crippen molar-refractivity contribution >= 4 is 34.9 Å². The van der Waals surface area contributed by atoms with Gasteiger partial charge in [-0.3, -0.25) is 4.79 Å². The number of allylic oxidation sites excluding steroid dienone is 1. The highest BCUT2D eigenvalue weighted by Gasteiger charge is 2.20. The monoisotopic (exact) mass is 448 g/mol. The SMILES string of the molecule is COc1ccc(C2=CS/C(=C(/C#N)c3ccnc(NCCCN4CCCC4=O)n3)N2)cc1. The van der Waals surface area contributed by atoms with Gasteiger partial charge in [0.05, 0.1) is 23.5 Å². The third kappa shape index (κ3) is 5.03. The summed E-state index contributed by atoms with van der Waals surface area (Å²) < 4.78 is 5.21. The maximum Gasteiger partial charge on any atom is 0.223 e. The van der Waals surface area contributed by atoms with Crippen molar-refractivity contribution in [1.29, 1.82) is 5.26 Å². The largest absolute Gasteiger partial charge is 0.497 e. The van der Waals surface area contributed by atoms with E-state index < -0.39 is 0 Å². The lowest BCUT2D eigenvalue weighted by Crippen LogP contribution is -2.27. The number of hydrogen-bond acceptors (Lipinski definition) is 8. The summed E-state index contributed by atoms with van der Waals surface area (Å²) in [7, 11) is 1.64. The fraction of sp³-hybridized carbons (Fsp3) is 0.304. The van der Waals surface area contributed by atoms with Crippen LogP contribution in [0.1, 0.15) is 30.5 Å². The van der Waals surface area contributed by atoms with Crippen LogP contribution in [-0.4, -0.2) is 47.5 Å². The van der Waals surface area contributed by atoms with Gasteiger partial charge in [0.1, 0.15) is 17.4 Å². The Bertz CT molecular complexity index is 1090. The second-order valence-corrected chi connectivity index (χ2v) is 8.23. The van der Waals surface area contributed by atoms with Gasteiger partial charge in [0.2, 0.25) is 11.9 Å². The minimum atomic E-state index is 0.234. The van der Waals surface area contributed by atoms with Gasteiger partial charge in [0.25, 0.3) is 0 Å². The highest BCUT2D eigenvalue weighted by Crippen LogP contribution is 2.35. The number of thioether (sulfide) groups is 1. The molecule has 32 heavy (non-hydrogen) atoms. The van der Waals surface area contributed by atoms with Crippen molar-refractivity contribution in [3.8, 4) is 11.8 Å². The van der Waals surface area contributed by atoms with Crippen LogP contribution in [0, 0.1) is 11.3 Å². The predicted octanol–water partition coefficient (Wildman–Crippen LogP) is 3.44. The molecule has 2 aliphatic rings. The van der Waals surface area contributed by atoms with Crippen LogP contribution in [0.3, 0.4) is 0 Å². The van der Waals surface area contributed by atoms with Gasteiger partial charge in [-0.1, -0.05) is 11.8 Å². The number of anilines is 1. The topological polar surface area (TPSA) is 103 Å². The Morgan fingerprint density at radius 3 is 2.91 bits per heavy atom. The van der Waals surface area contributed by atoms with Crippen molar-refractivity contribution in [1.82, 2.24) is 20.2 Å². The average molecular weight is 449 g/mol. The Balaban J connectivity index is 1.39. The second kappa shape index (κ2) is 10.2. The summed E-state index contributed by atoms with van der Waals surface area (Å²) in [4.78, 5) is 22.4. The zero-order valence-corrected chi connectivity index (χ0v) is 18.6. The standard InChI is InChI=1S/C23H24N6O2S/c1-31-17-7-5-16(6-8-17)20-15-32-22(27-20)18(14-24)19-9-11-26-23(28-19)25-10-3-13-29-12-2-4-21(29)30/h5-9,11,15,27H,2-4,10,12-13H2,1H3,(H,25,26,28)/b22-18-. The highest BCUT2D eigenvalue weighted by molar-refractivity contribution is 8.06. The van der Waals surface area contributed by atoms with Gasteiger partial charge in [0, 0.05) is 37.7 Å². The number of amides is 1. The molecule has 1 fully saturated rings. The van der Waals surface area contributed by atoms with E-state index in [4.69, 9.17) is 4.74 Å². The molecule has 1 aromatic heterocycles. The van der Waals surface area contributed by atoms with Crippen LogP contribution in [0.25, 0.3) is 11.3 Å². The fourth-order valence-electron chi connectivity index (χ4n) is 3.55. The van der Waals surface area contributed by atoms with Crippen LogP contribution in [0.15, 0.2) is 47.0 Å². The quantitative estimate of drug-likeness (QED) is 0.468. The van der Waals surface area contributed by atoms with E-state index in [0.29, 0.717) is 30.2 Å². The number of hydrogen-bond donors (Lipinski definition) is 2. The lowest BCUT2D eigenvalue weighted by Gasteiger charge is -2.15. The molecule has 9 heteroatoms. The van der Waals surface area contributed by atoms with Crippen molar-refractivity contribution in [3.05, 3.63) is 58.2 Å². The Morgan fingerprint density at radius 2 is 2.19 bits per heavy atom. The molecule has 8 nitrogen and oxygen atoms in total. The van der Waals surface area contributed by atoms with E-state index in [1.165, 1.54) is 11.8 Å². The summed E-state index contributed by atoms with van der Waals surface area (Å²) >= 11 is 1.46. The molecule has 164 valence electrons. The van der Waals surface area contributed by atoms with Gasteiger partial charge in [0.15, 0.2) is 0 Å². The first-order chi connectivity index (χ1) is 15.7. The summed E-state index contributed by atoms with van der Waals surface area (Å²) in [6, 6.07) is 11.7. The van der Waals surface area contributed by atoms with E-state index in [0.717, 1.165) is 48.0 Å². The van der Waals surface area contributed by atoms with Crippen molar-refractivity contribution in [3.63, 3.8) is 0 Å². The highest BCUT2D eigenvalue weighted by atomic mass is 32.2. The Morgan fingerprint density at radius 1 is 1.34 bits per heavy atom. The molecule has 4 rings (SSSR count). The fourth-order valence-corrected chi connectivity index (χ4v) is 4.42. The van der Waals surface area contributed by atoms with E-state index >= 15 is 0 Å². The molecule has 1 aromatic carbocycles. The van der Waals surface area contributed by atoms with Crippen molar-refractivity contribution in [2.45, 2.75) is 19.3 Å². The number of rotatable bonds is 8. The number of benzene rings is 1. The van der Waals surface area contributed by atoms with Crippen LogP contribution < -0.4 is 15.4 Å². The summed E-state index contributed by atoms with van der Waals surface area (Å²) in [5, 5.41) is 19.0. The van der Waals surface area contributed by atoms with E-state index in [1.54, 1.807) is 19.4 Å². The summed E-state index contributed by atoms with van der Waals surface area (Å²) in [5.74, 6) is 1.49. The van der Waals surface area contributed by atoms with Crippen LogP contribution in [0.4, 0.5) is 5.95 Å². The molecule has 0 unspecified atom stereocenters. The second-order valence-electron chi connectivity index (χ2n) is 7.35. The molecule has 0 saturated carbocycles. The zero-order valence-electron chi connectivity index (χ0n) is 17.8. The van der Waals surface area contributed by atoms with E-state index in [2.05, 4.69) is 26.7 Å². The first kappa shape index (κ1) is 21.7. The number of likely N-dealkylation sites (tertiary alicyclic amines) is 1. The number of carbonyl (C=O) groups excluding carboxylic acids is 1.